The van der Waals surface area contributed by atoms with Crippen molar-refractivity contribution in [2.45, 2.75) is 19.3 Å². The number of benzene rings is 1. The number of methoxy groups -OCH3 is 1. The predicted octanol–water partition coefficient (Wildman–Crippen LogP) is 2.79. The zero-order chi connectivity index (χ0) is 13.9. The molecule has 0 saturated carbocycles. The highest BCUT2D eigenvalue weighted by molar-refractivity contribution is 5.41. The summed E-state index contributed by atoms with van der Waals surface area (Å²) in [4.78, 5) is 11.1. The van der Waals surface area contributed by atoms with Crippen molar-refractivity contribution in [3.63, 3.8) is 0 Å². The van der Waals surface area contributed by atoms with Crippen LogP contribution >= 0.6 is 0 Å². The highest BCUT2D eigenvalue weighted by Crippen LogP contribution is 2.34. The topological polar surface area (TPSA) is 38.2 Å². The lowest BCUT2D eigenvalue weighted by Gasteiger charge is -2.17. The summed E-state index contributed by atoms with van der Waals surface area (Å²) in [5.41, 5.74) is 2.29. The lowest BCUT2D eigenvalue weighted by Crippen LogP contribution is -2.21. The van der Waals surface area contributed by atoms with E-state index in [9.17, 15) is 0 Å². The van der Waals surface area contributed by atoms with Gasteiger partial charge in [0, 0.05) is 30.9 Å². The Labute approximate surface area is 119 Å². The van der Waals surface area contributed by atoms with E-state index in [0.29, 0.717) is 5.92 Å². The molecule has 1 unspecified atom stereocenters. The fourth-order valence-corrected chi connectivity index (χ4v) is 2.79. The van der Waals surface area contributed by atoms with E-state index >= 15 is 0 Å². The summed E-state index contributed by atoms with van der Waals surface area (Å²) in [5, 5.41) is 0. The minimum absolute atomic E-state index is 0.482. The van der Waals surface area contributed by atoms with Crippen LogP contribution in [0.15, 0.2) is 36.5 Å². The second kappa shape index (κ2) is 5.49. The Kier molecular flexibility index (Phi) is 3.54. The molecular formula is C16H19N3O. The zero-order valence-corrected chi connectivity index (χ0v) is 11.9. The molecule has 0 bridgehead atoms. The standard InChI is InChI=1S/C16H19N3O/c1-12-7-9-17-16(18-12)19-10-8-13(11-19)14-5-3-4-6-15(14)20-2/h3-7,9,13H,8,10-11H2,1-2H3. The van der Waals surface area contributed by atoms with Gasteiger partial charge in [0.25, 0.3) is 0 Å². The second-order valence-corrected chi connectivity index (χ2v) is 5.17. The van der Waals surface area contributed by atoms with E-state index in [1.807, 2.05) is 31.3 Å². The number of hydrogen-bond acceptors (Lipinski definition) is 4. The first-order chi connectivity index (χ1) is 9.78. The van der Waals surface area contributed by atoms with Crippen LogP contribution in [0.3, 0.4) is 0 Å². The van der Waals surface area contributed by atoms with E-state index in [4.69, 9.17) is 4.74 Å². The maximum absolute atomic E-state index is 5.47. The minimum atomic E-state index is 0.482. The van der Waals surface area contributed by atoms with E-state index in [2.05, 4.69) is 27.0 Å². The summed E-state index contributed by atoms with van der Waals surface area (Å²) in [5.74, 6) is 2.29. The average Bonchev–Trinajstić information content (AvgIpc) is 2.97. The number of rotatable bonds is 3. The number of aromatic nitrogens is 2. The molecule has 0 amide bonds. The van der Waals surface area contributed by atoms with Crippen molar-refractivity contribution in [3.8, 4) is 5.75 Å². The molecule has 0 spiro atoms. The maximum Gasteiger partial charge on any atom is 0.225 e. The predicted molar refractivity (Wildman–Crippen MR) is 79.3 cm³/mol. The molecule has 4 nitrogen and oxygen atoms in total. The van der Waals surface area contributed by atoms with E-state index in [0.717, 1.165) is 36.9 Å². The highest BCUT2D eigenvalue weighted by atomic mass is 16.5. The van der Waals surface area contributed by atoms with Crippen LogP contribution in [0, 0.1) is 6.92 Å². The van der Waals surface area contributed by atoms with Gasteiger partial charge in [0.05, 0.1) is 7.11 Å². The monoisotopic (exact) mass is 269 g/mol. The van der Waals surface area contributed by atoms with Crippen LogP contribution < -0.4 is 9.64 Å². The molecule has 0 aliphatic carbocycles. The van der Waals surface area contributed by atoms with Gasteiger partial charge in [-0.05, 0) is 31.0 Å². The number of hydrogen-bond donors (Lipinski definition) is 0. The Balaban J connectivity index is 1.80. The number of para-hydroxylation sites is 1. The van der Waals surface area contributed by atoms with Gasteiger partial charge in [-0.2, -0.15) is 0 Å². The van der Waals surface area contributed by atoms with Gasteiger partial charge in [-0.1, -0.05) is 18.2 Å². The molecule has 0 radical (unpaired) electrons. The minimum Gasteiger partial charge on any atom is -0.496 e. The Hall–Kier alpha value is -2.10. The van der Waals surface area contributed by atoms with Gasteiger partial charge in [-0.25, -0.2) is 9.97 Å². The quantitative estimate of drug-likeness (QED) is 0.859. The van der Waals surface area contributed by atoms with Crippen LogP contribution in [-0.4, -0.2) is 30.2 Å². The SMILES string of the molecule is COc1ccccc1C1CCN(c2nccc(C)n2)C1. The smallest absolute Gasteiger partial charge is 0.225 e. The van der Waals surface area contributed by atoms with E-state index in [1.165, 1.54) is 5.56 Å². The number of anilines is 1. The van der Waals surface area contributed by atoms with Gasteiger partial charge in [0.2, 0.25) is 5.95 Å². The molecule has 1 saturated heterocycles. The normalized spacial score (nSPS) is 18.3. The summed E-state index contributed by atoms with van der Waals surface area (Å²) >= 11 is 0. The van der Waals surface area contributed by atoms with E-state index < -0.39 is 0 Å². The van der Waals surface area contributed by atoms with Gasteiger partial charge in [0.15, 0.2) is 0 Å². The molecule has 2 heterocycles. The molecular weight excluding hydrogens is 250 g/mol. The number of aryl methyl sites for hydroxylation is 1. The van der Waals surface area contributed by atoms with Crippen molar-refractivity contribution < 1.29 is 4.74 Å². The first-order valence-electron chi connectivity index (χ1n) is 6.95. The van der Waals surface area contributed by atoms with Crippen LogP contribution in [-0.2, 0) is 0 Å². The van der Waals surface area contributed by atoms with Crippen LogP contribution in [0.25, 0.3) is 0 Å². The second-order valence-electron chi connectivity index (χ2n) is 5.17. The third-order valence-corrected chi connectivity index (χ3v) is 3.83. The molecule has 20 heavy (non-hydrogen) atoms. The average molecular weight is 269 g/mol. The van der Waals surface area contributed by atoms with Crippen LogP contribution in [0.1, 0.15) is 23.6 Å². The van der Waals surface area contributed by atoms with Crippen LogP contribution in [0.4, 0.5) is 5.95 Å². The fraction of sp³-hybridized carbons (Fsp3) is 0.375. The van der Waals surface area contributed by atoms with Gasteiger partial charge < -0.3 is 9.64 Å². The third-order valence-electron chi connectivity index (χ3n) is 3.83. The first kappa shape index (κ1) is 12.9. The first-order valence-corrected chi connectivity index (χ1v) is 6.95. The van der Waals surface area contributed by atoms with Crippen molar-refractivity contribution in [3.05, 3.63) is 47.8 Å². The molecule has 2 aromatic rings. The third kappa shape index (κ3) is 2.46. The summed E-state index contributed by atoms with van der Waals surface area (Å²) in [6, 6.07) is 10.2. The molecule has 3 rings (SSSR count). The maximum atomic E-state index is 5.47. The molecule has 0 N–H and O–H groups in total. The summed E-state index contributed by atoms with van der Waals surface area (Å²) in [7, 11) is 1.73. The molecule has 1 fully saturated rings. The van der Waals surface area contributed by atoms with Gasteiger partial charge in [0.1, 0.15) is 5.75 Å². The van der Waals surface area contributed by atoms with E-state index in [1.54, 1.807) is 7.11 Å². The molecule has 1 aliphatic heterocycles. The summed E-state index contributed by atoms with van der Waals surface area (Å²) in [6.45, 7) is 3.94. The molecule has 1 aromatic heterocycles. The summed E-state index contributed by atoms with van der Waals surface area (Å²) in [6.07, 6.45) is 2.94. The Morgan fingerprint density at radius 1 is 1.25 bits per heavy atom. The van der Waals surface area contributed by atoms with Gasteiger partial charge in [-0.15, -0.1) is 0 Å². The van der Waals surface area contributed by atoms with Crippen molar-refractivity contribution in [2.75, 3.05) is 25.1 Å². The molecule has 1 atom stereocenters. The molecule has 104 valence electrons. The van der Waals surface area contributed by atoms with Crippen LogP contribution in [0.2, 0.25) is 0 Å². The Morgan fingerprint density at radius 2 is 2.10 bits per heavy atom. The van der Waals surface area contributed by atoms with Crippen molar-refractivity contribution >= 4 is 5.95 Å². The Morgan fingerprint density at radius 3 is 2.90 bits per heavy atom. The largest absolute Gasteiger partial charge is 0.496 e. The van der Waals surface area contributed by atoms with E-state index in [-0.39, 0.29) is 0 Å². The van der Waals surface area contributed by atoms with Gasteiger partial charge in [-0.3, -0.25) is 0 Å². The van der Waals surface area contributed by atoms with Crippen LogP contribution in [0.5, 0.6) is 5.75 Å². The van der Waals surface area contributed by atoms with Crippen molar-refractivity contribution in [1.29, 1.82) is 0 Å². The number of nitrogens with zero attached hydrogens (tertiary/aromatic N) is 3. The Bertz CT molecular complexity index is 600. The molecule has 4 heteroatoms. The zero-order valence-electron chi connectivity index (χ0n) is 11.9. The number of ether oxygens (including phenoxy) is 1. The fourth-order valence-electron chi connectivity index (χ4n) is 2.79. The lowest BCUT2D eigenvalue weighted by molar-refractivity contribution is 0.406. The molecule has 1 aromatic carbocycles. The van der Waals surface area contributed by atoms with Crippen molar-refractivity contribution in [2.24, 2.45) is 0 Å². The van der Waals surface area contributed by atoms with Gasteiger partial charge >= 0.3 is 0 Å². The summed E-state index contributed by atoms with van der Waals surface area (Å²) < 4.78 is 5.47. The molecule has 1 aliphatic rings. The highest BCUT2D eigenvalue weighted by Gasteiger charge is 2.27. The lowest BCUT2D eigenvalue weighted by atomic mass is 9.97. The van der Waals surface area contributed by atoms with Crippen molar-refractivity contribution in [1.82, 2.24) is 9.97 Å².